The second kappa shape index (κ2) is 12.2. The predicted octanol–water partition coefficient (Wildman–Crippen LogP) is 3.88. The highest BCUT2D eigenvalue weighted by Gasteiger charge is 2.40. The molecule has 1 aliphatic rings. The normalized spacial score (nSPS) is 17.6. The van der Waals surface area contributed by atoms with Crippen molar-refractivity contribution in [2.75, 3.05) is 38.5 Å². The molecule has 188 valence electrons. The molecule has 1 atom stereocenters. The molecule has 0 spiro atoms. The maximum absolute atomic E-state index is 13.1. The molecule has 1 amide bonds. The second-order valence-corrected chi connectivity index (χ2v) is 11.7. The van der Waals surface area contributed by atoms with Gasteiger partial charge in [0.25, 0.3) is 0 Å². The maximum Gasteiger partial charge on any atom is 0.220 e. The summed E-state index contributed by atoms with van der Waals surface area (Å²) in [7, 11) is -3.42. The smallest absolute Gasteiger partial charge is 0.220 e. The molecule has 0 fully saturated rings. The summed E-state index contributed by atoms with van der Waals surface area (Å²) < 4.78 is 34.0. The van der Waals surface area contributed by atoms with Gasteiger partial charge in [-0.2, -0.15) is 4.31 Å². The Morgan fingerprint density at radius 3 is 2.48 bits per heavy atom. The fourth-order valence-electron chi connectivity index (χ4n) is 4.38. The van der Waals surface area contributed by atoms with Crippen molar-refractivity contribution < 1.29 is 17.9 Å². The van der Waals surface area contributed by atoms with Crippen molar-refractivity contribution >= 4 is 15.9 Å². The molecule has 1 aromatic rings. The van der Waals surface area contributed by atoms with E-state index in [1.165, 1.54) is 0 Å². The minimum absolute atomic E-state index is 0.0280. The number of nitrogens with one attached hydrogen (secondary N) is 1. The molecule has 0 bridgehead atoms. The first-order valence-corrected chi connectivity index (χ1v) is 13.9. The van der Waals surface area contributed by atoms with Gasteiger partial charge >= 0.3 is 0 Å². The van der Waals surface area contributed by atoms with Gasteiger partial charge in [-0.3, -0.25) is 4.79 Å². The van der Waals surface area contributed by atoms with Crippen LogP contribution in [0.25, 0.3) is 0 Å². The van der Waals surface area contributed by atoms with Crippen LogP contribution in [-0.4, -0.2) is 67.6 Å². The van der Waals surface area contributed by atoms with Crippen molar-refractivity contribution in [3.05, 3.63) is 29.3 Å². The summed E-state index contributed by atoms with van der Waals surface area (Å²) in [5, 5.41) is 2.98. The van der Waals surface area contributed by atoms with E-state index in [4.69, 9.17) is 4.74 Å². The highest BCUT2D eigenvalue weighted by atomic mass is 32.2. The van der Waals surface area contributed by atoms with Crippen LogP contribution >= 0.6 is 0 Å². The first-order chi connectivity index (χ1) is 15.5. The summed E-state index contributed by atoms with van der Waals surface area (Å²) in [5.74, 6) is 0.837. The molecule has 1 heterocycles. The first-order valence-electron chi connectivity index (χ1n) is 12.3. The maximum atomic E-state index is 13.1. The molecule has 33 heavy (non-hydrogen) atoms. The summed E-state index contributed by atoms with van der Waals surface area (Å²) in [6, 6.07) is 5.71. The van der Waals surface area contributed by atoms with Crippen molar-refractivity contribution in [3.63, 3.8) is 0 Å². The van der Waals surface area contributed by atoms with Crippen LogP contribution in [0, 0.1) is 6.92 Å². The van der Waals surface area contributed by atoms with E-state index >= 15 is 0 Å². The number of carbonyl (C=O) groups excluding carboxylic acids is 1. The van der Waals surface area contributed by atoms with Gasteiger partial charge in [0.15, 0.2) is 0 Å². The second-order valence-electron chi connectivity index (χ2n) is 9.47. The Bertz CT molecular complexity index is 882. The Morgan fingerprint density at radius 1 is 1.15 bits per heavy atom. The number of benzene rings is 1. The fourth-order valence-corrected chi connectivity index (χ4v) is 5.70. The van der Waals surface area contributed by atoms with Crippen molar-refractivity contribution in [3.8, 4) is 5.75 Å². The van der Waals surface area contributed by atoms with Gasteiger partial charge in [0, 0.05) is 38.0 Å². The van der Waals surface area contributed by atoms with E-state index < -0.39 is 15.6 Å². The third-order valence-electron chi connectivity index (χ3n) is 6.34. The average Bonchev–Trinajstić information content (AvgIpc) is 2.76. The zero-order valence-corrected chi connectivity index (χ0v) is 22.1. The van der Waals surface area contributed by atoms with Crippen molar-refractivity contribution in [1.82, 2.24) is 14.5 Å². The molecule has 7 nitrogen and oxygen atoms in total. The molecule has 0 saturated carbocycles. The van der Waals surface area contributed by atoms with Gasteiger partial charge < -0.3 is 15.0 Å². The summed E-state index contributed by atoms with van der Waals surface area (Å²) in [4.78, 5) is 14.5. The topological polar surface area (TPSA) is 79.0 Å². The van der Waals surface area contributed by atoms with Crippen LogP contribution in [0.3, 0.4) is 0 Å². The number of likely N-dealkylation sites (N-methyl/N-ethyl adjacent to an activating group) is 1. The van der Waals surface area contributed by atoms with E-state index in [0.29, 0.717) is 38.8 Å². The lowest BCUT2D eigenvalue weighted by Gasteiger charge is -2.42. The molecule has 0 radical (unpaired) electrons. The number of sulfonamides is 1. The lowest BCUT2D eigenvalue weighted by atomic mass is 9.89. The summed E-state index contributed by atoms with van der Waals surface area (Å²) >= 11 is 0. The van der Waals surface area contributed by atoms with Gasteiger partial charge in [-0.15, -0.1) is 0 Å². The Kier molecular flexibility index (Phi) is 10.2. The van der Waals surface area contributed by atoms with Crippen molar-refractivity contribution in [2.45, 2.75) is 78.9 Å². The highest BCUT2D eigenvalue weighted by Crippen LogP contribution is 2.44. The number of hydrogen-bond acceptors (Lipinski definition) is 5. The predicted molar refractivity (Wildman–Crippen MR) is 134 cm³/mol. The monoisotopic (exact) mass is 481 g/mol. The molecule has 2 rings (SSSR count). The molecule has 1 N–H and O–H groups in total. The number of rotatable bonds is 13. The molecule has 8 heteroatoms. The number of ether oxygens (including phenoxy) is 1. The van der Waals surface area contributed by atoms with Gasteiger partial charge in [0.2, 0.25) is 15.9 Å². The van der Waals surface area contributed by atoms with Crippen LogP contribution in [0.1, 0.15) is 77.5 Å². The molecular weight excluding hydrogens is 438 g/mol. The van der Waals surface area contributed by atoms with Gasteiger partial charge in [0.05, 0.1) is 11.8 Å². The van der Waals surface area contributed by atoms with Crippen molar-refractivity contribution in [1.29, 1.82) is 0 Å². The standard InChI is InChI=1S/C25H43N3O4S/c1-7-27(8-2)17-15-26-24(29)12-10-11-16-28(33(30,31)9-3)22-19-25(5,6)32-23-14-13-20(4)18-21(22)23/h13-14,18,22H,7-12,15-17,19H2,1-6H3,(H,26,29). The van der Waals surface area contributed by atoms with Crippen molar-refractivity contribution in [2.24, 2.45) is 0 Å². The van der Waals surface area contributed by atoms with Crippen LogP contribution in [0.2, 0.25) is 0 Å². The van der Waals surface area contributed by atoms with Crippen LogP contribution < -0.4 is 10.1 Å². The average molecular weight is 482 g/mol. The number of nitrogens with zero attached hydrogens (tertiary/aromatic N) is 2. The van der Waals surface area contributed by atoms with Gasteiger partial charge in [-0.25, -0.2) is 8.42 Å². The Morgan fingerprint density at radius 2 is 1.85 bits per heavy atom. The van der Waals surface area contributed by atoms with E-state index in [1.54, 1.807) is 11.2 Å². The molecular formula is C25H43N3O4S. The minimum atomic E-state index is -3.42. The quantitative estimate of drug-likeness (QED) is 0.433. The van der Waals surface area contributed by atoms with E-state index in [9.17, 15) is 13.2 Å². The third kappa shape index (κ3) is 7.97. The molecule has 1 unspecified atom stereocenters. The number of amides is 1. The lowest BCUT2D eigenvalue weighted by Crippen LogP contribution is -2.44. The Balaban J connectivity index is 2.03. The number of aryl methyl sites for hydroxylation is 1. The van der Waals surface area contributed by atoms with E-state index in [-0.39, 0.29) is 17.7 Å². The van der Waals surface area contributed by atoms with Crippen LogP contribution in [0.15, 0.2) is 18.2 Å². The SMILES string of the molecule is CCN(CC)CCNC(=O)CCCCN(C1CC(C)(C)Oc2ccc(C)cc21)S(=O)(=O)CC. The zero-order chi connectivity index (χ0) is 24.6. The largest absolute Gasteiger partial charge is 0.487 e. The van der Waals surface area contributed by atoms with Crippen LogP contribution in [0.4, 0.5) is 0 Å². The lowest BCUT2D eigenvalue weighted by molar-refractivity contribution is -0.121. The summed E-state index contributed by atoms with van der Waals surface area (Å²) in [6.45, 7) is 15.8. The fraction of sp³-hybridized carbons (Fsp3) is 0.720. The van der Waals surface area contributed by atoms with E-state index in [1.807, 2.05) is 39.0 Å². The third-order valence-corrected chi connectivity index (χ3v) is 8.22. The van der Waals surface area contributed by atoms with Crippen LogP contribution in [0.5, 0.6) is 5.75 Å². The summed E-state index contributed by atoms with van der Waals surface area (Å²) in [6.07, 6.45) is 2.30. The van der Waals surface area contributed by atoms with Gasteiger partial charge in [0.1, 0.15) is 11.4 Å². The molecule has 0 aromatic heterocycles. The summed E-state index contributed by atoms with van der Waals surface area (Å²) in [5.41, 5.74) is 1.55. The molecule has 1 aliphatic heterocycles. The molecule has 0 saturated heterocycles. The molecule has 1 aromatic carbocycles. The van der Waals surface area contributed by atoms with Gasteiger partial charge in [-0.1, -0.05) is 31.5 Å². The first kappa shape index (κ1) is 27.6. The minimum Gasteiger partial charge on any atom is -0.487 e. The number of fused-ring (bicyclic) bond motifs is 1. The highest BCUT2D eigenvalue weighted by molar-refractivity contribution is 7.89. The van der Waals surface area contributed by atoms with Gasteiger partial charge in [-0.05, 0) is 59.7 Å². The number of hydrogen-bond donors (Lipinski definition) is 1. The zero-order valence-electron chi connectivity index (χ0n) is 21.3. The number of carbonyl (C=O) groups is 1. The Labute approximate surface area is 200 Å². The Hall–Kier alpha value is -1.64. The van der Waals surface area contributed by atoms with Crippen LogP contribution in [-0.2, 0) is 14.8 Å². The van der Waals surface area contributed by atoms with E-state index in [0.717, 1.165) is 36.5 Å². The van der Waals surface area contributed by atoms with E-state index in [2.05, 4.69) is 24.1 Å². The number of unbranched alkanes of at least 4 members (excludes halogenated alkanes) is 1. The molecule has 0 aliphatic carbocycles.